The molecule has 3 aromatic rings. The van der Waals surface area contributed by atoms with Crippen molar-refractivity contribution in [1.82, 2.24) is 19.7 Å². The zero-order chi connectivity index (χ0) is 19.1. The van der Waals surface area contributed by atoms with Gasteiger partial charge in [0.1, 0.15) is 17.2 Å². The summed E-state index contributed by atoms with van der Waals surface area (Å²) in [5.74, 6) is 2.48. The first kappa shape index (κ1) is 17.5. The summed E-state index contributed by atoms with van der Waals surface area (Å²) in [6, 6.07) is 9.23. The molecule has 5 rings (SSSR count). The third kappa shape index (κ3) is 3.33. The van der Waals surface area contributed by atoms with Gasteiger partial charge in [0.05, 0.1) is 24.7 Å². The van der Waals surface area contributed by atoms with Crippen LogP contribution in [0.4, 0.5) is 5.82 Å². The molecule has 28 heavy (non-hydrogen) atoms. The van der Waals surface area contributed by atoms with Crippen LogP contribution < -0.4 is 15.4 Å². The molecule has 2 aliphatic rings. The highest BCUT2D eigenvalue weighted by Gasteiger charge is 2.28. The molecule has 0 bridgehead atoms. The second-order valence-corrected chi connectivity index (χ2v) is 8.07. The lowest BCUT2D eigenvalue weighted by atomic mass is 10.0. The number of nitrogens with zero attached hydrogens (tertiary/aromatic N) is 3. The van der Waals surface area contributed by atoms with E-state index in [-0.39, 0.29) is 0 Å². The number of fused-ring (bicyclic) bond motifs is 1. The van der Waals surface area contributed by atoms with Crippen LogP contribution in [0.3, 0.4) is 0 Å². The highest BCUT2D eigenvalue weighted by atomic mass is 16.5. The van der Waals surface area contributed by atoms with Crippen LogP contribution >= 0.6 is 0 Å². The first-order valence-corrected chi connectivity index (χ1v) is 10.2. The number of anilines is 1. The fourth-order valence-corrected chi connectivity index (χ4v) is 4.22. The van der Waals surface area contributed by atoms with E-state index in [4.69, 9.17) is 9.72 Å². The smallest absolute Gasteiger partial charge is 0.140 e. The Labute approximate surface area is 165 Å². The normalized spacial score (nSPS) is 22.4. The number of aromatic nitrogens is 3. The molecule has 0 radical (unpaired) electrons. The Morgan fingerprint density at radius 1 is 1.25 bits per heavy atom. The molecule has 2 atom stereocenters. The highest BCUT2D eigenvalue weighted by molar-refractivity contribution is 5.64. The summed E-state index contributed by atoms with van der Waals surface area (Å²) >= 11 is 0. The topological polar surface area (TPSA) is 63.5 Å². The molecular formula is C22H27N5O. The monoisotopic (exact) mass is 377 g/mol. The third-order valence-corrected chi connectivity index (χ3v) is 5.86. The number of ether oxygens (including phenoxy) is 1. The Balaban J connectivity index is 1.47. The van der Waals surface area contributed by atoms with Gasteiger partial charge in [-0.1, -0.05) is 6.07 Å². The number of piperidine rings is 1. The predicted octanol–water partition coefficient (Wildman–Crippen LogP) is 3.83. The number of hydrogen-bond acceptors (Lipinski definition) is 5. The highest BCUT2D eigenvalue weighted by Crippen LogP contribution is 2.44. The maximum Gasteiger partial charge on any atom is 0.140 e. The Kier molecular flexibility index (Phi) is 4.43. The van der Waals surface area contributed by atoms with Gasteiger partial charge in [0, 0.05) is 29.9 Å². The van der Waals surface area contributed by atoms with Gasteiger partial charge in [-0.2, -0.15) is 0 Å². The molecule has 3 aromatic heterocycles. The van der Waals surface area contributed by atoms with Crippen molar-refractivity contribution in [3.63, 3.8) is 0 Å². The summed E-state index contributed by atoms with van der Waals surface area (Å²) in [7, 11) is 1.74. The van der Waals surface area contributed by atoms with E-state index < -0.39 is 0 Å². The van der Waals surface area contributed by atoms with Gasteiger partial charge in [0.15, 0.2) is 0 Å². The number of pyridine rings is 2. The van der Waals surface area contributed by atoms with E-state index in [1.807, 2.05) is 12.3 Å². The molecule has 0 unspecified atom stereocenters. The molecule has 1 aliphatic carbocycles. The summed E-state index contributed by atoms with van der Waals surface area (Å²) < 4.78 is 7.75. The van der Waals surface area contributed by atoms with Crippen LogP contribution in [0.15, 0.2) is 36.7 Å². The average molecular weight is 377 g/mol. The van der Waals surface area contributed by atoms with Gasteiger partial charge in [0.25, 0.3) is 0 Å². The molecule has 6 heteroatoms. The van der Waals surface area contributed by atoms with Crippen molar-refractivity contribution in [3.8, 4) is 17.1 Å². The summed E-state index contributed by atoms with van der Waals surface area (Å²) in [5.41, 5.74) is 4.11. The van der Waals surface area contributed by atoms with Crippen LogP contribution in [0, 0.1) is 0 Å². The maximum absolute atomic E-state index is 5.60. The van der Waals surface area contributed by atoms with Gasteiger partial charge >= 0.3 is 0 Å². The van der Waals surface area contributed by atoms with Crippen molar-refractivity contribution >= 4 is 11.5 Å². The van der Waals surface area contributed by atoms with Crippen molar-refractivity contribution in [3.05, 3.63) is 42.2 Å². The Hall–Kier alpha value is -2.60. The van der Waals surface area contributed by atoms with Crippen LogP contribution in [0.5, 0.6) is 5.75 Å². The van der Waals surface area contributed by atoms with E-state index in [0.29, 0.717) is 18.0 Å². The lowest BCUT2D eigenvalue weighted by Crippen LogP contribution is -2.41. The Bertz CT molecular complexity index is 994. The van der Waals surface area contributed by atoms with Crippen LogP contribution in [0.1, 0.15) is 44.1 Å². The van der Waals surface area contributed by atoms with Gasteiger partial charge in [-0.15, -0.1) is 0 Å². The molecule has 2 fully saturated rings. The number of hydrogen-bond donors (Lipinski definition) is 2. The molecule has 4 heterocycles. The predicted molar refractivity (Wildman–Crippen MR) is 111 cm³/mol. The first-order chi connectivity index (χ1) is 13.7. The molecule has 1 saturated heterocycles. The van der Waals surface area contributed by atoms with Gasteiger partial charge in [-0.3, -0.25) is 4.40 Å². The molecule has 146 valence electrons. The average Bonchev–Trinajstić information content (AvgIpc) is 3.47. The molecule has 2 N–H and O–H groups in total. The summed E-state index contributed by atoms with van der Waals surface area (Å²) in [6.07, 6.45) is 8.80. The van der Waals surface area contributed by atoms with Gasteiger partial charge in [-0.05, 0) is 57.2 Å². The van der Waals surface area contributed by atoms with Gasteiger partial charge in [0.2, 0.25) is 0 Å². The minimum atomic E-state index is 0.465. The van der Waals surface area contributed by atoms with Crippen LogP contribution in [0.2, 0.25) is 0 Å². The summed E-state index contributed by atoms with van der Waals surface area (Å²) in [6.45, 7) is 3.29. The minimum Gasteiger partial charge on any atom is -0.496 e. The van der Waals surface area contributed by atoms with Crippen molar-refractivity contribution < 1.29 is 4.74 Å². The molecule has 6 nitrogen and oxygen atoms in total. The van der Waals surface area contributed by atoms with E-state index in [0.717, 1.165) is 48.0 Å². The molecule has 1 saturated carbocycles. The zero-order valence-electron chi connectivity index (χ0n) is 16.5. The molecule has 1 aliphatic heterocycles. The van der Waals surface area contributed by atoms with Crippen LogP contribution in [-0.4, -0.2) is 40.1 Å². The van der Waals surface area contributed by atoms with Gasteiger partial charge in [-0.25, -0.2) is 9.97 Å². The number of imidazole rings is 1. The largest absolute Gasteiger partial charge is 0.496 e. The minimum absolute atomic E-state index is 0.465. The Morgan fingerprint density at radius 2 is 2.14 bits per heavy atom. The van der Waals surface area contributed by atoms with Crippen molar-refractivity contribution in [2.45, 2.75) is 50.6 Å². The number of methoxy groups -OCH3 is 1. The fourth-order valence-electron chi connectivity index (χ4n) is 4.22. The quantitative estimate of drug-likeness (QED) is 0.707. The van der Waals surface area contributed by atoms with Crippen LogP contribution in [-0.2, 0) is 0 Å². The molecule has 0 spiro atoms. The van der Waals surface area contributed by atoms with E-state index in [1.165, 1.54) is 18.4 Å². The summed E-state index contributed by atoms with van der Waals surface area (Å²) in [4.78, 5) is 9.49. The molecule has 0 aromatic carbocycles. The molecular weight excluding hydrogens is 350 g/mol. The first-order valence-electron chi connectivity index (χ1n) is 10.2. The van der Waals surface area contributed by atoms with Crippen LogP contribution in [0.25, 0.3) is 17.0 Å². The second kappa shape index (κ2) is 7.09. The standard InChI is InChI=1S/C22H27N5O/c1-14-10-16(8-9-23-14)25-21-5-3-4-18(26-21)19-12-24-22-11-20(28-2)17(13-27(19)22)15-6-7-15/h3-5,11-16,23H,6-10H2,1-2H3,(H,25,26)/t14-,16-/m0/s1. The molecule has 0 amide bonds. The van der Waals surface area contributed by atoms with E-state index >= 15 is 0 Å². The SMILES string of the molecule is COc1cc2ncc(-c3cccc(N[C@H]4CCN[C@@H](C)C4)n3)n2cc1C1CC1. The van der Waals surface area contributed by atoms with Crippen molar-refractivity contribution in [1.29, 1.82) is 0 Å². The van der Waals surface area contributed by atoms with Crippen molar-refractivity contribution in [2.24, 2.45) is 0 Å². The van der Waals surface area contributed by atoms with E-state index in [9.17, 15) is 0 Å². The third-order valence-electron chi connectivity index (χ3n) is 5.86. The zero-order valence-corrected chi connectivity index (χ0v) is 16.5. The lowest BCUT2D eigenvalue weighted by Gasteiger charge is -2.29. The Morgan fingerprint density at radius 3 is 2.93 bits per heavy atom. The number of nitrogens with one attached hydrogen (secondary N) is 2. The van der Waals surface area contributed by atoms with E-state index in [1.54, 1.807) is 7.11 Å². The lowest BCUT2D eigenvalue weighted by molar-refractivity contribution is 0.396. The van der Waals surface area contributed by atoms with Crippen molar-refractivity contribution in [2.75, 3.05) is 19.0 Å². The number of rotatable bonds is 5. The van der Waals surface area contributed by atoms with Gasteiger partial charge < -0.3 is 15.4 Å². The summed E-state index contributed by atoms with van der Waals surface area (Å²) in [5, 5.41) is 7.12. The fraction of sp³-hybridized carbons (Fsp3) is 0.455. The second-order valence-electron chi connectivity index (χ2n) is 8.07. The van der Waals surface area contributed by atoms with E-state index in [2.05, 4.69) is 51.3 Å². The maximum atomic E-state index is 5.60.